The average Bonchev–Trinajstić information content (AvgIpc) is 2.66. The fourth-order valence-electron chi connectivity index (χ4n) is 1.68. The minimum absolute atomic E-state index is 0.605. The second-order valence-corrected chi connectivity index (χ2v) is 3.78. The van der Waals surface area contributed by atoms with Crippen LogP contribution in [-0.4, -0.2) is 14.8 Å². The zero-order valence-electron chi connectivity index (χ0n) is 8.88. The van der Waals surface area contributed by atoms with Crippen LogP contribution >= 0.6 is 0 Å². The maximum Gasteiger partial charge on any atom is 0.150 e. The highest BCUT2D eigenvalue weighted by molar-refractivity contribution is 5.29. The lowest BCUT2D eigenvalue weighted by atomic mass is 9.92. The summed E-state index contributed by atoms with van der Waals surface area (Å²) in [7, 11) is 1.84. The SMILES string of the molecule is Cn1ncnc1C(C)(N)c1ccccc1. The minimum atomic E-state index is -0.605. The Morgan fingerprint density at radius 2 is 1.93 bits per heavy atom. The number of hydrogen-bond acceptors (Lipinski definition) is 3. The molecule has 0 radical (unpaired) electrons. The monoisotopic (exact) mass is 202 g/mol. The predicted molar refractivity (Wildman–Crippen MR) is 58.1 cm³/mol. The van der Waals surface area contributed by atoms with Crippen molar-refractivity contribution in [3.63, 3.8) is 0 Å². The van der Waals surface area contributed by atoms with Crippen LogP contribution in [0.25, 0.3) is 0 Å². The molecule has 0 aliphatic rings. The molecule has 15 heavy (non-hydrogen) atoms. The van der Waals surface area contributed by atoms with Gasteiger partial charge in [-0.25, -0.2) is 4.98 Å². The molecular weight excluding hydrogens is 188 g/mol. The molecule has 0 spiro atoms. The number of aryl methyl sites for hydroxylation is 1. The van der Waals surface area contributed by atoms with Crippen molar-refractivity contribution in [2.45, 2.75) is 12.5 Å². The molecule has 1 unspecified atom stereocenters. The second-order valence-electron chi connectivity index (χ2n) is 3.78. The molecule has 1 aromatic carbocycles. The molecule has 1 heterocycles. The van der Waals surface area contributed by atoms with Crippen LogP contribution in [0.1, 0.15) is 18.3 Å². The zero-order chi connectivity index (χ0) is 10.9. The lowest BCUT2D eigenvalue weighted by Gasteiger charge is -2.23. The van der Waals surface area contributed by atoms with Gasteiger partial charge in [-0.2, -0.15) is 5.10 Å². The van der Waals surface area contributed by atoms with Gasteiger partial charge in [-0.15, -0.1) is 0 Å². The molecule has 0 fully saturated rings. The van der Waals surface area contributed by atoms with E-state index in [0.29, 0.717) is 0 Å². The van der Waals surface area contributed by atoms with E-state index in [1.54, 1.807) is 4.68 Å². The van der Waals surface area contributed by atoms with Gasteiger partial charge in [0.2, 0.25) is 0 Å². The minimum Gasteiger partial charge on any atom is -0.315 e. The molecule has 0 aliphatic heterocycles. The Balaban J connectivity index is 2.48. The molecule has 0 aliphatic carbocycles. The summed E-state index contributed by atoms with van der Waals surface area (Å²) in [6.07, 6.45) is 1.52. The van der Waals surface area contributed by atoms with Crippen LogP contribution in [0.3, 0.4) is 0 Å². The van der Waals surface area contributed by atoms with E-state index in [4.69, 9.17) is 5.73 Å². The number of nitrogens with zero attached hydrogens (tertiary/aromatic N) is 3. The highest BCUT2D eigenvalue weighted by atomic mass is 15.3. The summed E-state index contributed by atoms with van der Waals surface area (Å²) >= 11 is 0. The predicted octanol–water partition coefficient (Wildman–Crippen LogP) is 1.04. The Kier molecular flexibility index (Phi) is 2.28. The first-order chi connectivity index (χ1) is 7.12. The van der Waals surface area contributed by atoms with Crippen molar-refractivity contribution in [1.29, 1.82) is 0 Å². The first kappa shape index (κ1) is 9.86. The van der Waals surface area contributed by atoms with E-state index < -0.39 is 5.54 Å². The molecular formula is C11H14N4. The van der Waals surface area contributed by atoms with E-state index in [1.165, 1.54) is 6.33 Å². The lowest BCUT2D eigenvalue weighted by molar-refractivity contribution is 0.517. The van der Waals surface area contributed by atoms with Crippen molar-refractivity contribution < 1.29 is 0 Å². The van der Waals surface area contributed by atoms with Crippen LogP contribution in [0.5, 0.6) is 0 Å². The molecule has 78 valence electrons. The molecule has 1 aromatic heterocycles. The van der Waals surface area contributed by atoms with Gasteiger partial charge < -0.3 is 5.73 Å². The fraction of sp³-hybridized carbons (Fsp3) is 0.273. The van der Waals surface area contributed by atoms with Crippen LogP contribution in [0.15, 0.2) is 36.7 Å². The first-order valence-electron chi connectivity index (χ1n) is 4.81. The summed E-state index contributed by atoms with van der Waals surface area (Å²) in [4.78, 5) is 4.19. The molecule has 4 nitrogen and oxygen atoms in total. The normalized spacial score (nSPS) is 14.9. The van der Waals surface area contributed by atoms with Gasteiger partial charge in [0.1, 0.15) is 6.33 Å². The molecule has 1 atom stereocenters. The van der Waals surface area contributed by atoms with E-state index >= 15 is 0 Å². The summed E-state index contributed by atoms with van der Waals surface area (Å²) in [5, 5.41) is 4.03. The van der Waals surface area contributed by atoms with Gasteiger partial charge in [0, 0.05) is 7.05 Å². The van der Waals surface area contributed by atoms with Crippen molar-refractivity contribution in [3.8, 4) is 0 Å². The van der Waals surface area contributed by atoms with Crippen LogP contribution in [0.2, 0.25) is 0 Å². The largest absolute Gasteiger partial charge is 0.315 e. The third-order valence-corrected chi connectivity index (χ3v) is 2.55. The third-order valence-electron chi connectivity index (χ3n) is 2.55. The number of benzene rings is 1. The summed E-state index contributed by atoms with van der Waals surface area (Å²) < 4.78 is 1.70. The van der Waals surface area contributed by atoms with Crippen molar-refractivity contribution in [3.05, 3.63) is 48.0 Å². The molecule has 2 aromatic rings. The molecule has 0 saturated heterocycles. The van der Waals surface area contributed by atoms with Gasteiger partial charge in [0.05, 0.1) is 5.54 Å². The van der Waals surface area contributed by atoms with E-state index in [9.17, 15) is 0 Å². The highest BCUT2D eigenvalue weighted by Crippen LogP contribution is 2.23. The number of nitrogens with two attached hydrogens (primary N) is 1. The molecule has 0 amide bonds. The topological polar surface area (TPSA) is 56.7 Å². The zero-order valence-corrected chi connectivity index (χ0v) is 8.88. The van der Waals surface area contributed by atoms with Gasteiger partial charge in [0.25, 0.3) is 0 Å². The van der Waals surface area contributed by atoms with Crippen LogP contribution in [0, 0.1) is 0 Å². The summed E-state index contributed by atoms with van der Waals surface area (Å²) in [6, 6.07) is 9.90. The Bertz CT molecular complexity index is 445. The lowest BCUT2D eigenvalue weighted by Crippen LogP contribution is -2.37. The molecule has 0 bridgehead atoms. The standard InChI is InChI=1S/C11H14N4/c1-11(12,9-6-4-3-5-7-9)10-13-8-14-15(10)2/h3-8H,12H2,1-2H3. The quantitative estimate of drug-likeness (QED) is 0.791. The molecule has 2 rings (SSSR count). The van der Waals surface area contributed by atoms with Crippen LogP contribution in [0.4, 0.5) is 0 Å². The van der Waals surface area contributed by atoms with Gasteiger partial charge >= 0.3 is 0 Å². The Labute approximate surface area is 88.8 Å². The van der Waals surface area contributed by atoms with Gasteiger partial charge in [-0.05, 0) is 12.5 Å². The average molecular weight is 202 g/mol. The Hall–Kier alpha value is -1.68. The van der Waals surface area contributed by atoms with Crippen LogP contribution in [-0.2, 0) is 12.6 Å². The maximum atomic E-state index is 6.28. The Morgan fingerprint density at radius 1 is 1.27 bits per heavy atom. The summed E-state index contributed by atoms with van der Waals surface area (Å²) in [5.74, 6) is 0.758. The van der Waals surface area contributed by atoms with E-state index in [-0.39, 0.29) is 0 Å². The number of hydrogen-bond donors (Lipinski definition) is 1. The smallest absolute Gasteiger partial charge is 0.150 e. The maximum absolute atomic E-state index is 6.28. The highest BCUT2D eigenvalue weighted by Gasteiger charge is 2.27. The van der Waals surface area contributed by atoms with Crippen molar-refractivity contribution in [2.24, 2.45) is 12.8 Å². The molecule has 2 N–H and O–H groups in total. The van der Waals surface area contributed by atoms with E-state index in [2.05, 4.69) is 10.1 Å². The van der Waals surface area contributed by atoms with Gasteiger partial charge in [-0.1, -0.05) is 30.3 Å². The Morgan fingerprint density at radius 3 is 2.47 bits per heavy atom. The summed E-state index contributed by atoms with van der Waals surface area (Å²) in [6.45, 7) is 1.94. The number of rotatable bonds is 2. The molecule has 4 heteroatoms. The van der Waals surface area contributed by atoms with Crippen LogP contribution < -0.4 is 5.73 Å². The fourth-order valence-corrected chi connectivity index (χ4v) is 1.68. The van der Waals surface area contributed by atoms with Crippen molar-refractivity contribution in [1.82, 2.24) is 14.8 Å². The summed E-state index contributed by atoms with van der Waals surface area (Å²) in [5.41, 5.74) is 6.71. The van der Waals surface area contributed by atoms with Crippen molar-refractivity contribution >= 4 is 0 Å². The second kappa shape index (κ2) is 3.47. The van der Waals surface area contributed by atoms with Gasteiger partial charge in [0.15, 0.2) is 5.82 Å². The van der Waals surface area contributed by atoms with Crippen molar-refractivity contribution in [2.75, 3.05) is 0 Å². The number of aromatic nitrogens is 3. The van der Waals surface area contributed by atoms with Gasteiger partial charge in [-0.3, -0.25) is 4.68 Å². The first-order valence-corrected chi connectivity index (χ1v) is 4.81. The molecule has 0 saturated carbocycles. The van der Waals surface area contributed by atoms with E-state index in [1.807, 2.05) is 44.3 Å². The third kappa shape index (κ3) is 1.64. The van der Waals surface area contributed by atoms with E-state index in [0.717, 1.165) is 11.4 Å².